The second-order valence-corrected chi connectivity index (χ2v) is 8.35. The number of hydrogen-bond donors (Lipinski definition) is 1. The summed E-state index contributed by atoms with van der Waals surface area (Å²) in [6.07, 6.45) is 0. The van der Waals surface area contributed by atoms with Crippen LogP contribution < -0.4 is 10.1 Å². The van der Waals surface area contributed by atoms with Crippen molar-refractivity contribution in [1.29, 1.82) is 5.26 Å². The summed E-state index contributed by atoms with van der Waals surface area (Å²) in [5.41, 5.74) is 2.29. The van der Waals surface area contributed by atoms with Crippen molar-refractivity contribution in [1.82, 2.24) is 4.98 Å². The normalized spacial score (nSPS) is 10.4. The second-order valence-electron chi connectivity index (χ2n) is 7.41. The van der Waals surface area contributed by atoms with E-state index in [2.05, 4.69) is 16.4 Å². The van der Waals surface area contributed by atoms with Crippen molar-refractivity contribution >= 4 is 29.0 Å². The number of carbonyl (C=O) groups excluding carboxylic acids is 2. The van der Waals surface area contributed by atoms with Crippen molar-refractivity contribution in [2.24, 2.45) is 0 Å². The molecule has 4 rings (SSSR count). The van der Waals surface area contributed by atoms with E-state index in [1.54, 1.807) is 60.0 Å². The van der Waals surface area contributed by atoms with E-state index < -0.39 is 11.9 Å². The zero-order valence-electron chi connectivity index (χ0n) is 19.5. The lowest BCUT2D eigenvalue weighted by molar-refractivity contribution is 0.0515. The van der Waals surface area contributed by atoms with Crippen LogP contribution in [0, 0.1) is 11.3 Å². The summed E-state index contributed by atoms with van der Waals surface area (Å²) >= 11 is 1.27. The maximum Gasteiger partial charge on any atom is 0.338 e. The van der Waals surface area contributed by atoms with E-state index in [1.807, 2.05) is 12.1 Å². The first kappa shape index (κ1) is 24.6. The molecule has 2 aromatic heterocycles. The second kappa shape index (κ2) is 11.3. The Bertz CT molecular complexity index is 1440. The molecule has 0 spiro atoms. The Morgan fingerprint density at radius 3 is 2.44 bits per heavy atom. The van der Waals surface area contributed by atoms with Crippen LogP contribution in [-0.2, 0) is 9.47 Å². The zero-order valence-corrected chi connectivity index (χ0v) is 20.3. The van der Waals surface area contributed by atoms with Gasteiger partial charge >= 0.3 is 5.97 Å². The van der Waals surface area contributed by atoms with Gasteiger partial charge in [-0.1, -0.05) is 36.4 Å². The number of nitrogens with zero attached hydrogens (tertiary/aromatic N) is 2. The zero-order chi connectivity index (χ0) is 25.5. The number of nitrogens with one attached hydrogen (secondary N) is 1. The third-order valence-corrected chi connectivity index (χ3v) is 6.09. The van der Waals surface area contributed by atoms with E-state index in [4.69, 9.17) is 14.2 Å². The number of aromatic nitrogens is 1. The molecule has 4 aromatic rings. The van der Waals surface area contributed by atoms with Crippen LogP contribution in [0.4, 0.5) is 5.82 Å². The van der Waals surface area contributed by atoms with Crippen LogP contribution in [0.25, 0.3) is 22.4 Å². The highest BCUT2D eigenvalue weighted by Gasteiger charge is 2.22. The average Bonchev–Trinajstić information content (AvgIpc) is 3.46. The van der Waals surface area contributed by atoms with Crippen molar-refractivity contribution in [3.05, 3.63) is 88.1 Å². The van der Waals surface area contributed by atoms with E-state index in [9.17, 15) is 14.9 Å². The summed E-state index contributed by atoms with van der Waals surface area (Å²) in [5, 5.41) is 14.7. The van der Waals surface area contributed by atoms with Gasteiger partial charge in [-0.05, 0) is 41.3 Å². The molecule has 0 bridgehead atoms. The number of thiophene rings is 1. The number of nitriles is 1. The van der Waals surface area contributed by atoms with E-state index in [0.717, 1.165) is 0 Å². The largest absolute Gasteiger partial charge is 0.467 e. The summed E-state index contributed by atoms with van der Waals surface area (Å²) < 4.78 is 15.7. The molecule has 0 aliphatic rings. The molecule has 0 fully saturated rings. The minimum absolute atomic E-state index is 0.0211. The molecule has 2 heterocycles. The molecular formula is C27H21N3O5S. The van der Waals surface area contributed by atoms with Gasteiger partial charge in [0, 0.05) is 18.2 Å². The number of carbonyl (C=O) groups is 2. The van der Waals surface area contributed by atoms with Gasteiger partial charge in [0.2, 0.25) is 0 Å². The number of hydrogen-bond acceptors (Lipinski definition) is 8. The van der Waals surface area contributed by atoms with Gasteiger partial charge in [-0.15, -0.1) is 11.3 Å². The summed E-state index contributed by atoms with van der Waals surface area (Å²) in [7, 11) is 2.81. The molecule has 0 unspecified atom stereocenters. The summed E-state index contributed by atoms with van der Waals surface area (Å²) in [6, 6.07) is 21.3. The fraction of sp³-hybridized carbons (Fsp3) is 0.111. The van der Waals surface area contributed by atoms with E-state index in [0.29, 0.717) is 33.0 Å². The number of rotatable bonds is 8. The minimum Gasteiger partial charge on any atom is -0.467 e. The maximum absolute atomic E-state index is 12.9. The predicted octanol–water partition coefficient (Wildman–Crippen LogP) is 5.37. The van der Waals surface area contributed by atoms with Crippen LogP contribution in [0.3, 0.4) is 0 Å². The first-order valence-corrected chi connectivity index (χ1v) is 11.6. The fourth-order valence-corrected chi connectivity index (χ4v) is 4.23. The monoisotopic (exact) mass is 499 g/mol. The van der Waals surface area contributed by atoms with Crippen molar-refractivity contribution < 1.29 is 23.8 Å². The number of methoxy groups -OCH3 is 2. The lowest BCUT2D eigenvalue weighted by Gasteiger charge is -2.16. The molecule has 180 valence electrons. The van der Waals surface area contributed by atoms with Crippen LogP contribution in [-0.4, -0.2) is 37.9 Å². The Hall–Kier alpha value is -4.52. The van der Waals surface area contributed by atoms with Gasteiger partial charge in [0.1, 0.15) is 17.4 Å². The molecule has 1 N–H and O–H groups in total. The fourth-order valence-electron chi connectivity index (χ4n) is 3.61. The SMILES string of the molecule is COCOc1ccccc1-c1cc(-c2ccccc2C(=O)OC)c(C#N)c(NC(=O)c2cccs2)n1. The van der Waals surface area contributed by atoms with E-state index >= 15 is 0 Å². The first-order chi connectivity index (χ1) is 17.6. The van der Waals surface area contributed by atoms with Gasteiger partial charge in [-0.3, -0.25) is 4.79 Å². The molecule has 0 atom stereocenters. The Morgan fingerprint density at radius 1 is 1.00 bits per heavy atom. The first-order valence-electron chi connectivity index (χ1n) is 10.8. The third-order valence-electron chi connectivity index (χ3n) is 5.23. The van der Waals surface area contributed by atoms with Crippen LogP contribution in [0.1, 0.15) is 25.6 Å². The van der Waals surface area contributed by atoms with Gasteiger partial charge in [-0.2, -0.15) is 5.26 Å². The number of ether oxygens (including phenoxy) is 3. The van der Waals surface area contributed by atoms with Gasteiger partial charge in [-0.25, -0.2) is 9.78 Å². The van der Waals surface area contributed by atoms with Crippen molar-refractivity contribution in [3.8, 4) is 34.2 Å². The molecule has 9 heteroatoms. The minimum atomic E-state index is -0.555. The summed E-state index contributed by atoms with van der Waals surface area (Å²) in [6.45, 7) is 0.0211. The topological polar surface area (TPSA) is 111 Å². The van der Waals surface area contributed by atoms with Crippen molar-refractivity contribution in [3.63, 3.8) is 0 Å². The Balaban J connectivity index is 1.96. The Morgan fingerprint density at radius 2 is 1.75 bits per heavy atom. The van der Waals surface area contributed by atoms with Crippen LogP contribution >= 0.6 is 11.3 Å². The highest BCUT2D eigenvalue weighted by atomic mass is 32.1. The lowest BCUT2D eigenvalue weighted by Crippen LogP contribution is -2.14. The number of pyridine rings is 1. The number of esters is 1. The summed E-state index contributed by atoms with van der Waals surface area (Å²) in [4.78, 5) is 30.5. The Labute approximate surface area is 211 Å². The average molecular weight is 500 g/mol. The molecule has 8 nitrogen and oxygen atoms in total. The molecule has 0 radical (unpaired) electrons. The maximum atomic E-state index is 12.9. The number of para-hydroxylation sites is 1. The standard InChI is InChI=1S/C27H21N3O5S/c1-33-16-35-23-11-6-5-10-19(23)22-14-20(17-8-3-4-9-18(17)27(32)34-2)21(15-28)25(29-22)30-26(31)24-12-7-13-36-24/h3-14H,16H2,1-2H3,(H,29,30,31). The lowest BCUT2D eigenvalue weighted by atomic mass is 9.94. The molecule has 0 saturated heterocycles. The molecular weight excluding hydrogens is 478 g/mol. The van der Waals surface area contributed by atoms with Crippen LogP contribution in [0.5, 0.6) is 5.75 Å². The predicted molar refractivity (Wildman–Crippen MR) is 136 cm³/mol. The molecule has 0 saturated carbocycles. The number of benzene rings is 2. The van der Waals surface area contributed by atoms with E-state index in [-0.39, 0.29) is 23.7 Å². The molecule has 0 aliphatic heterocycles. The quantitative estimate of drug-likeness (QED) is 0.256. The van der Waals surface area contributed by atoms with Gasteiger partial charge < -0.3 is 19.5 Å². The number of anilines is 1. The third kappa shape index (κ3) is 5.10. The Kier molecular flexibility index (Phi) is 7.70. The van der Waals surface area contributed by atoms with Gasteiger partial charge in [0.15, 0.2) is 12.6 Å². The van der Waals surface area contributed by atoms with Crippen molar-refractivity contribution in [2.75, 3.05) is 26.3 Å². The molecule has 36 heavy (non-hydrogen) atoms. The van der Waals surface area contributed by atoms with Gasteiger partial charge in [0.25, 0.3) is 5.91 Å². The molecule has 1 amide bonds. The number of amides is 1. The summed E-state index contributed by atoms with van der Waals surface area (Å²) in [5.74, 6) is -0.396. The van der Waals surface area contributed by atoms with Gasteiger partial charge in [0.05, 0.1) is 23.2 Å². The van der Waals surface area contributed by atoms with Crippen LogP contribution in [0.15, 0.2) is 72.1 Å². The van der Waals surface area contributed by atoms with Crippen LogP contribution in [0.2, 0.25) is 0 Å². The highest BCUT2D eigenvalue weighted by Crippen LogP contribution is 2.37. The molecule has 0 aliphatic carbocycles. The van der Waals surface area contributed by atoms with Crippen molar-refractivity contribution in [2.45, 2.75) is 0 Å². The van der Waals surface area contributed by atoms with E-state index in [1.165, 1.54) is 25.6 Å². The smallest absolute Gasteiger partial charge is 0.338 e. The molecule has 2 aromatic carbocycles. The highest BCUT2D eigenvalue weighted by molar-refractivity contribution is 7.12.